The second-order valence-electron chi connectivity index (χ2n) is 2.31. The zero-order valence-electron chi connectivity index (χ0n) is 5.88. The van der Waals surface area contributed by atoms with Gasteiger partial charge in [0.05, 0.1) is 14.9 Å². The number of aromatic nitrogens is 2. The summed E-state index contributed by atoms with van der Waals surface area (Å²) in [5.41, 5.74) is 0. The molecule has 0 unspecified atom stereocenters. The smallest absolute Gasteiger partial charge is 0.119 e. The molecule has 50 valence electrons. The van der Waals surface area contributed by atoms with Crippen LogP contribution in [0.15, 0.2) is 0 Å². The fourth-order valence-electron chi connectivity index (χ4n) is 0.545. The average Bonchev–Trinajstić information content (AvgIpc) is 2.14. The minimum absolute atomic E-state index is 0.546. The summed E-state index contributed by atoms with van der Waals surface area (Å²) < 4.78 is 1.19. The summed E-state index contributed by atoms with van der Waals surface area (Å²) in [6.07, 6.45) is 0. The standard InChI is InChI=1S/C5H10N2SSi/c1-3(2)4-6-7-5(9)8-4/h3H,1-2,9H3. The minimum Gasteiger partial charge on any atom is -0.150 e. The van der Waals surface area contributed by atoms with Crippen molar-refractivity contribution in [3.8, 4) is 0 Å². The van der Waals surface area contributed by atoms with Crippen molar-refractivity contribution in [1.29, 1.82) is 0 Å². The number of nitrogens with zero attached hydrogens (tertiary/aromatic N) is 2. The van der Waals surface area contributed by atoms with Crippen molar-refractivity contribution >= 4 is 26.2 Å². The highest BCUT2D eigenvalue weighted by molar-refractivity contribution is 7.19. The largest absolute Gasteiger partial charge is 0.150 e. The van der Waals surface area contributed by atoms with E-state index in [-0.39, 0.29) is 0 Å². The van der Waals surface area contributed by atoms with E-state index in [0.29, 0.717) is 5.92 Å². The van der Waals surface area contributed by atoms with Crippen molar-refractivity contribution in [3.05, 3.63) is 5.01 Å². The second-order valence-corrected chi connectivity index (χ2v) is 5.20. The molecule has 0 aliphatic rings. The van der Waals surface area contributed by atoms with Gasteiger partial charge in [-0.2, -0.15) is 0 Å². The van der Waals surface area contributed by atoms with Crippen molar-refractivity contribution in [2.24, 2.45) is 0 Å². The molecule has 0 atom stereocenters. The van der Waals surface area contributed by atoms with Crippen molar-refractivity contribution in [2.45, 2.75) is 19.8 Å². The molecule has 9 heavy (non-hydrogen) atoms. The Morgan fingerprint density at radius 1 is 1.44 bits per heavy atom. The van der Waals surface area contributed by atoms with Gasteiger partial charge in [-0.3, -0.25) is 0 Å². The van der Waals surface area contributed by atoms with E-state index in [1.807, 2.05) is 0 Å². The molecule has 1 rings (SSSR count). The fourth-order valence-corrected chi connectivity index (χ4v) is 1.97. The highest BCUT2D eigenvalue weighted by atomic mass is 32.1. The molecule has 0 aromatic carbocycles. The molecule has 1 aromatic rings. The lowest BCUT2D eigenvalue weighted by molar-refractivity contribution is 0.826. The number of hydrogen-bond donors (Lipinski definition) is 0. The third kappa shape index (κ3) is 1.59. The van der Waals surface area contributed by atoms with Gasteiger partial charge in [0.2, 0.25) is 0 Å². The quantitative estimate of drug-likeness (QED) is 0.522. The van der Waals surface area contributed by atoms with Crippen LogP contribution in [0.5, 0.6) is 0 Å². The Morgan fingerprint density at radius 3 is 2.33 bits per heavy atom. The molecule has 0 aliphatic carbocycles. The molecule has 0 saturated heterocycles. The van der Waals surface area contributed by atoms with E-state index in [0.717, 1.165) is 10.2 Å². The lowest BCUT2D eigenvalue weighted by Crippen LogP contribution is -1.97. The van der Waals surface area contributed by atoms with Crippen LogP contribution >= 0.6 is 11.3 Å². The molecule has 0 N–H and O–H groups in total. The number of hydrogen-bond acceptors (Lipinski definition) is 3. The molecular weight excluding hydrogens is 148 g/mol. The Hall–Kier alpha value is -0.223. The monoisotopic (exact) mass is 158 g/mol. The summed E-state index contributed by atoms with van der Waals surface area (Å²) in [5.74, 6) is 0.546. The van der Waals surface area contributed by atoms with Gasteiger partial charge < -0.3 is 0 Å². The lowest BCUT2D eigenvalue weighted by Gasteiger charge is -1.92. The molecule has 0 saturated carbocycles. The summed E-state index contributed by atoms with van der Waals surface area (Å²) >= 11 is 1.74. The lowest BCUT2D eigenvalue weighted by atomic mass is 10.2. The summed E-state index contributed by atoms with van der Waals surface area (Å²) in [7, 11) is 1.04. The maximum atomic E-state index is 4.02. The Morgan fingerprint density at radius 2 is 2.11 bits per heavy atom. The average molecular weight is 158 g/mol. The summed E-state index contributed by atoms with van der Waals surface area (Å²) in [5, 5.41) is 9.15. The van der Waals surface area contributed by atoms with Gasteiger partial charge in [0.15, 0.2) is 0 Å². The predicted octanol–water partition coefficient (Wildman–Crippen LogP) is -0.348. The molecule has 0 spiro atoms. The molecule has 1 heterocycles. The van der Waals surface area contributed by atoms with E-state index in [9.17, 15) is 0 Å². The SMILES string of the molecule is CC(C)c1nnc([SiH3])s1. The van der Waals surface area contributed by atoms with Gasteiger partial charge in [-0.15, -0.1) is 21.5 Å². The Labute approximate surface area is 61.7 Å². The van der Waals surface area contributed by atoms with E-state index >= 15 is 0 Å². The van der Waals surface area contributed by atoms with Crippen LogP contribution in [0.25, 0.3) is 0 Å². The van der Waals surface area contributed by atoms with Crippen LogP contribution in [-0.4, -0.2) is 20.4 Å². The molecular formula is C5H10N2SSi. The van der Waals surface area contributed by atoms with Crippen LogP contribution in [0.3, 0.4) is 0 Å². The Bertz CT molecular complexity index is 197. The zero-order chi connectivity index (χ0) is 6.85. The molecule has 0 bridgehead atoms. The van der Waals surface area contributed by atoms with Crippen LogP contribution in [0.2, 0.25) is 0 Å². The molecule has 0 fully saturated rings. The van der Waals surface area contributed by atoms with Gasteiger partial charge >= 0.3 is 0 Å². The maximum Gasteiger partial charge on any atom is 0.119 e. The first-order valence-electron chi connectivity index (χ1n) is 3.00. The Kier molecular flexibility index (Phi) is 1.97. The highest BCUT2D eigenvalue weighted by Gasteiger charge is 2.02. The first-order chi connectivity index (χ1) is 4.20. The third-order valence-electron chi connectivity index (χ3n) is 1.04. The summed E-state index contributed by atoms with van der Waals surface area (Å²) in [6, 6.07) is 0. The van der Waals surface area contributed by atoms with Crippen molar-refractivity contribution in [3.63, 3.8) is 0 Å². The first-order valence-corrected chi connectivity index (χ1v) is 4.82. The highest BCUT2D eigenvalue weighted by Crippen LogP contribution is 2.12. The topological polar surface area (TPSA) is 25.8 Å². The number of rotatable bonds is 1. The van der Waals surface area contributed by atoms with Crippen molar-refractivity contribution in [1.82, 2.24) is 10.2 Å². The van der Waals surface area contributed by atoms with Gasteiger partial charge in [0, 0.05) is 5.92 Å². The second kappa shape index (κ2) is 2.58. The van der Waals surface area contributed by atoms with Crippen LogP contribution in [0, 0.1) is 0 Å². The fraction of sp³-hybridized carbons (Fsp3) is 0.600. The van der Waals surface area contributed by atoms with Gasteiger partial charge in [-0.1, -0.05) is 13.8 Å². The van der Waals surface area contributed by atoms with E-state index in [2.05, 4.69) is 24.0 Å². The van der Waals surface area contributed by atoms with Gasteiger partial charge in [-0.25, -0.2) is 0 Å². The molecule has 1 aromatic heterocycles. The van der Waals surface area contributed by atoms with Crippen molar-refractivity contribution in [2.75, 3.05) is 0 Å². The molecule has 4 heteroatoms. The molecule has 2 nitrogen and oxygen atoms in total. The third-order valence-corrected chi connectivity index (χ3v) is 2.99. The van der Waals surface area contributed by atoms with Crippen LogP contribution in [0.1, 0.15) is 24.8 Å². The molecule has 0 amide bonds. The molecule has 0 aliphatic heterocycles. The normalized spacial score (nSPS) is 11.0. The van der Waals surface area contributed by atoms with Crippen molar-refractivity contribution < 1.29 is 0 Å². The summed E-state index contributed by atoms with van der Waals surface area (Å²) in [6.45, 7) is 4.28. The van der Waals surface area contributed by atoms with E-state index in [1.54, 1.807) is 11.3 Å². The van der Waals surface area contributed by atoms with Gasteiger partial charge in [0.1, 0.15) is 5.01 Å². The molecule has 0 radical (unpaired) electrons. The van der Waals surface area contributed by atoms with E-state index < -0.39 is 0 Å². The van der Waals surface area contributed by atoms with Crippen LogP contribution in [0.4, 0.5) is 0 Å². The van der Waals surface area contributed by atoms with E-state index in [1.165, 1.54) is 9.64 Å². The van der Waals surface area contributed by atoms with Gasteiger partial charge in [-0.05, 0) is 0 Å². The van der Waals surface area contributed by atoms with Gasteiger partial charge in [0.25, 0.3) is 0 Å². The zero-order valence-corrected chi connectivity index (χ0v) is 8.70. The van der Waals surface area contributed by atoms with E-state index in [4.69, 9.17) is 0 Å². The Balaban J connectivity index is 2.85. The summed E-state index contributed by atoms with van der Waals surface area (Å²) in [4.78, 5) is 0. The first kappa shape index (κ1) is 6.89. The maximum absolute atomic E-state index is 4.02. The van der Waals surface area contributed by atoms with Crippen LogP contribution < -0.4 is 4.63 Å². The van der Waals surface area contributed by atoms with Crippen LogP contribution in [-0.2, 0) is 0 Å². The minimum atomic E-state index is 0.546. The predicted molar refractivity (Wildman–Crippen MR) is 43.6 cm³/mol.